The van der Waals surface area contributed by atoms with Gasteiger partial charge in [0.25, 0.3) is 0 Å². The minimum absolute atomic E-state index is 0. The smallest absolute Gasteiger partial charge is 0.243 e. The molecule has 1 atom stereocenters. The predicted molar refractivity (Wildman–Crippen MR) is 97.3 cm³/mol. The summed E-state index contributed by atoms with van der Waals surface area (Å²) in [5.74, 6) is 0. The zero-order valence-corrected chi connectivity index (χ0v) is 16.8. The highest BCUT2D eigenvalue weighted by molar-refractivity contribution is 7.90. The molecule has 140 valence electrons. The molecule has 0 bridgehead atoms. The number of benzene rings is 1. The lowest BCUT2D eigenvalue weighted by molar-refractivity contribution is 0.394. The first-order valence-corrected chi connectivity index (χ1v) is 10.3. The van der Waals surface area contributed by atoms with E-state index in [1.165, 1.54) is 35.6 Å². The molecule has 0 amide bonds. The minimum Gasteiger partial charge on any atom is -0.329 e. The third-order valence-electron chi connectivity index (χ3n) is 3.79. The summed E-state index contributed by atoms with van der Waals surface area (Å²) < 4.78 is 52.7. The quantitative estimate of drug-likeness (QED) is 0.705. The summed E-state index contributed by atoms with van der Waals surface area (Å²) in [5.41, 5.74) is 5.51. The second-order valence-electron chi connectivity index (χ2n) is 5.17. The Morgan fingerprint density at radius 2 is 1.50 bits per heavy atom. The van der Waals surface area contributed by atoms with Crippen molar-refractivity contribution < 1.29 is 16.8 Å². The molecule has 0 heterocycles. The molecule has 0 spiro atoms. The summed E-state index contributed by atoms with van der Waals surface area (Å²) >= 11 is 0. The first-order valence-electron chi connectivity index (χ1n) is 7.41. The maximum absolute atomic E-state index is 12.6. The molecule has 24 heavy (non-hydrogen) atoms. The predicted octanol–water partition coefficient (Wildman–Crippen LogP) is 1.11. The Bertz CT molecular complexity index is 734. The minimum atomic E-state index is -3.80. The third kappa shape index (κ3) is 4.68. The summed E-state index contributed by atoms with van der Waals surface area (Å²) in [4.78, 5) is -0.0930. The lowest BCUT2D eigenvalue weighted by Crippen LogP contribution is -2.39. The Labute approximate surface area is 151 Å². The molecule has 1 rings (SSSR count). The Kier molecular flexibility index (Phi) is 8.85. The lowest BCUT2D eigenvalue weighted by atomic mass is 10.4. The van der Waals surface area contributed by atoms with Crippen molar-refractivity contribution >= 4 is 32.5 Å². The Morgan fingerprint density at radius 1 is 1.04 bits per heavy atom. The van der Waals surface area contributed by atoms with Crippen molar-refractivity contribution in [2.75, 3.05) is 26.7 Å². The summed E-state index contributed by atoms with van der Waals surface area (Å²) in [6.07, 6.45) is 0. The van der Waals surface area contributed by atoms with Crippen molar-refractivity contribution in [2.24, 2.45) is 5.73 Å². The number of nitrogens with two attached hydrogens (primary N) is 1. The molecule has 0 saturated heterocycles. The van der Waals surface area contributed by atoms with E-state index < -0.39 is 20.0 Å². The largest absolute Gasteiger partial charge is 0.329 e. The topological polar surface area (TPSA) is 101 Å². The van der Waals surface area contributed by atoms with Gasteiger partial charge in [-0.3, -0.25) is 0 Å². The van der Waals surface area contributed by atoms with Gasteiger partial charge in [0.15, 0.2) is 0 Å². The molecule has 0 aromatic heterocycles. The standard InChI is InChI=1S/C14H25N3O4S2.ClH/c1-5-17(6-2)23(20,21)14-9-7-8-13(10-14)22(18,19)16(4)12(3)11-15;/h7-10,12H,5-6,11,15H2,1-4H3;1H. The van der Waals surface area contributed by atoms with Gasteiger partial charge in [-0.2, -0.15) is 8.61 Å². The van der Waals surface area contributed by atoms with Gasteiger partial charge >= 0.3 is 0 Å². The molecule has 0 radical (unpaired) electrons. The molecule has 7 nitrogen and oxygen atoms in total. The van der Waals surface area contributed by atoms with Crippen LogP contribution in [0.25, 0.3) is 0 Å². The monoisotopic (exact) mass is 399 g/mol. The highest BCUT2D eigenvalue weighted by atomic mass is 35.5. The zero-order valence-electron chi connectivity index (χ0n) is 14.3. The third-order valence-corrected chi connectivity index (χ3v) is 7.80. The van der Waals surface area contributed by atoms with Crippen LogP contribution in [0.3, 0.4) is 0 Å². The van der Waals surface area contributed by atoms with E-state index in [0.29, 0.717) is 13.1 Å². The van der Waals surface area contributed by atoms with Crippen molar-refractivity contribution in [3.63, 3.8) is 0 Å². The normalized spacial score (nSPS) is 13.8. The van der Waals surface area contributed by atoms with E-state index >= 15 is 0 Å². The molecule has 0 aliphatic carbocycles. The second kappa shape index (κ2) is 9.12. The highest BCUT2D eigenvalue weighted by Gasteiger charge is 2.27. The molecule has 1 aromatic carbocycles. The maximum atomic E-state index is 12.6. The van der Waals surface area contributed by atoms with Gasteiger partial charge in [0, 0.05) is 32.7 Å². The molecule has 1 unspecified atom stereocenters. The van der Waals surface area contributed by atoms with Gasteiger partial charge in [0.1, 0.15) is 0 Å². The van der Waals surface area contributed by atoms with Crippen LogP contribution in [-0.2, 0) is 20.0 Å². The summed E-state index contributed by atoms with van der Waals surface area (Å²) in [6, 6.07) is 5.03. The van der Waals surface area contributed by atoms with Crippen molar-refractivity contribution in [1.82, 2.24) is 8.61 Å². The molecule has 2 N–H and O–H groups in total. The fraction of sp³-hybridized carbons (Fsp3) is 0.571. The SMILES string of the molecule is CCN(CC)S(=O)(=O)c1cccc(S(=O)(=O)N(C)C(C)CN)c1.Cl. The first-order chi connectivity index (χ1) is 10.6. The van der Waals surface area contributed by atoms with Gasteiger partial charge in [-0.15, -0.1) is 12.4 Å². The molecule has 0 fully saturated rings. The van der Waals surface area contributed by atoms with Gasteiger partial charge in [0.2, 0.25) is 20.0 Å². The van der Waals surface area contributed by atoms with Crippen LogP contribution in [0.15, 0.2) is 34.1 Å². The Morgan fingerprint density at radius 3 is 1.92 bits per heavy atom. The summed E-state index contributed by atoms with van der Waals surface area (Å²) in [7, 11) is -6.08. The van der Waals surface area contributed by atoms with Crippen LogP contribution in [0.2, 0.25) is 0 Å². The van der Waals surface area contributed by atoms with Crippen LogP contribution < -0.4 is 5.73 Å². The van der Waals surface area contributed by atoms with Gasteiger partial charge in [-0.25, -0.2) is 16.8 Å². The number of rotatable bonds is 8. The van der Waals surface area contributed by atoms with Crippen LogP contribution in [-0.4, -0.2) is 58.2 Å². The molecule has 10 heteroatoms. The van der Waals surface area contributed by atoms with Gasteiger partial charge in [-0.05, 0) is 25.1 Å². The molecule has 1 aromatic rings. The molecule has 0 aliphatic rings. The second-order valence-corrected chi connectivity index (χ2v) is 9.11. The van der Waals surface area contributed by atoms with E-state index in [4.69, 9.17) is 5.73 Å². The number of hydrogen-bond donors (Lipinski definition) is 1. The number of sulfonamides is 2. The van der Waals surface area contributed by atoms with Crippen molar-refractivity contribution in [3.05, 3.63) is 24.3 Å². The van der Waals surface area contributed by atoms with E-state index in [0.717, 1.165) is 4.31 Å². The van der Waals surface area contributed by atoms with E-state index in [9.17, 15) is 16.8 Å². The summed E-state index contributed by atoms with van der Waals surface area (Å²) in [5, 5.41) is 0. The van der Waals surface area contributed by atoms with E-state index in [-0.39, 0.29) is 34.8 Å². The first kappa shape index (κ1) is 23.3. The van der Waals surface area contributed by atoms with Crippen LogP contribution in [0.1, 0.15) is 20.8 Å². The maximum Gasteiger partial charge on any atom is 0.243 e. The van der Waals surface area contributed by atoms with Crippen LogP contribution >= 0.6 is 12.4 Å². The Hall–Kier alpha value is -0.710. The van der Waals surface area contributed by atoms with Crippen LogP contribution in [0, 0.1) is 0 Å². The molecule has 0 saturated carbocycles. The van der Waals surface area contributed by atoms with Gasteiger partial charge in [0.05, 0.1) is 9.79 Å². The van der Waals surface area contributed by atoms with E-state index in [1.807, 2.05) is 0 Å². The van der Waals surface area contributed by atoms with Crippen LogP contribution in [0.4, 0.5) is 0 Å². The zero-order chi connectivity index (χ0) is 17.8. The average Bonchev–Trinajstić information content (AvgIpc) is 2.54. The Balaban J connectivity index is 0.00000529. The number of likely N-dealkylation sites (N-methyl/N-ethyl adjacent to an activating group) is 1. The van der Waals surface area contributed by atoms with Crippen molar-refractivity contribution in [1.29, 1.82) is 0 Å². The molecule has 0 aliphatic heterocycles. The highest BCUT2D eigenvalue weighted by Crippen LogP contribution is 2.22. The fourth-order valence-electron chi connectivity index (χ4n) is 2.06. The summed E-state index contributed by atoms with van der Waals surface area (Å²) in [6.45, 7) is 5.97. The van der Waals surface area contributed by atoms with Gasteiger partial charge in [-0.1, -0.05) is 19.9 Å². The number of hydrogen-bond acceptors (Lipinski definition) is 5. The lowest BCUT2D eigenvalue weighted by Gasteiger charge is -2.23. The fourth-order valence-corrected chi connectivity index (χ4v) is 5.06. The van der Waals surface area contributed by atoms with Crippen LogP contribution in [0.5, 0.6) is 0 Å². The molecular weight excluding hydrogens is 374 g/mol. The van der Waals surface area contributed by atoms with Gasteiger partial charge < -0.3 is 5.73 Å². The van der Waals surface area contributed by atoms with Crippen molar-refractivity contribution in [2.45, 2.75) is 36.6 Å². The van der Waals surface area contributed by atoms with E-state index in [1.54, 1.807) is 20.8 Å². The average molecular weight is 400 g/mol. The number of nitrogens with zero attached hydrogens (tertiary/aromatic N) is 2. The molecular formula is C14H26ClN3O4S2. The van der Waals surface area contributed by atoms with E-state index in [2.05, 4.69) is 0 Å². The van der Waals surface area contributed by atoms with Crippen molar-refractivity contribution in [3.8, 4) is 0 Å². The number of halogens is 1.